The number of nitrogens with one attached hydrogen (secondary N) is 2. The largest absolute Gasteiger partial charge is 0.471 e. The Bertz CT molecular complexity index is 730. The molecular weight excluding hydrogens is 377 g/mol. The van der Waals surface area contributed by atoms with Crippen molar-refractivity contribution in [1.29, 1.82) is 0 Å². The molecule has 1 unspecified atom stereocenters. The quantitative estimate of drug-likeness (QED) is 0.826. The lowest BCUT2D eigenvalue weighted by molar-refractivity contribution is -0.159. The zero-order valence-electron chi connectivity index (χ0n) is 13.4. The van der Waals surface area contributed by atoms with Crippen LogP contribution in [0.5, 0.6) is 0 Å². The number of carbonyl (C=O) groups excluding carboxylic acids is 1. The van der Waals surface area contributed by atoms with E-state index in [4.69, 9.17) is 4.74 Å². The van der Waals surface area contributed by atoms with E-state index in [1.54, 1.807) is 0 Å². The third-order valence-electron chi connectivity index (χ3n) is 3.58. The van der Waals surface area contributed by atoms with Gasteiger partial charge in [-0.25, -0.2) is 0 Å². The highest BCUT2D eigenvalue weighted by molar-refractivity contribution is 5.94. The number of amides is 1. The van der Waals surface area contributed by atoms with E-state index in [1.807, 2.05) is 0 Å². The first-order chi connectivity index (χ1) is 11.9. The van der Waals surface area contributed by atoms with E-state index < -0.39 is 12.1 Å². The van der Waals surface area contributed by atoms with E-state index in [9.17, 15) is 18.0 Å². The number of benzene rings is 1. The summed E-state index contributed by atoms with van der Waals surface area (Å²) in [5.41, 5.74) is 0.693. The van der Waals surface area contributed by atoms with Crippen molar-refractivity contribution in [2.24, 2.45) is 0 Å². The Hall–Kier alpha value is -2.17. The summed E-state index contributed by atoms with van der Waals surface area (Å²) in [6, 6.07) is 5.94. The highest BCUT2D eigenvalue weighted by Gasteiger charge is 2.38. The zero-order valence-corrected chi connectivity index (χ0v) is 14.2. The first kappa shape index (κ1) is 20.1. The van der Waals surface area contributed by atoms with Gasteiger partial charge in [0.05, 0.1) is 13.2 Å². The predicted molar refractivity (Wildman–Crippen MR) is 86.9 cm³/mol. The van der Waals surface area contributed by atoms with E-state index in [1.165, 1.54) is 24.3 Å². The summed E-state index contributed by atoms with van der Waals surface area (Å²) in [5, 5.41) is 9.28. The summed E-state index contributed by atoms with van der Waals surface area (Å²) >= 11 is 0. The van der Waals surface area contributed by atoms with Crippen LogP contribution in [0.2, 0.25) is 0 Å². The summed E-state index contributed by atoms with van der Waals surface area (Å²) in [4.78, 5) is 15.4. The molecule has 1 aromatic carbocycles. The molecular formula is C15H16ClF3N4O3. The third kappa shape index (κ3) is 4.93. The van der Waals surface area contributed by atoms with Crippen LogP contribution in [0, 0.1) is 0 Å². The van der Waals surface area contributed by atoms with Gasteiger partial charge in [0.15, 0.2) is 0 Å². The molecule has 0 spiro atoms. The predicted octanol–water partition coefficient (Wildman–Crippen LogP) is 1.90. The van der Waals surface area contributed by atoms with Crippen LogP contribution in [0.4, 0.5) is 13.2 Å². The zero-order chi connectivity index (χ0) is 17.9. The number of hydrogen-bond donors (Lipinski definition) is 2. The van der Waals surface area contributed by atoms with Gasteiger partial charge in [-0.3, -0.25) is 4.79 Å². The van der Waals surface area contributed by atoms with E-state index in [0.29, 0.717) is 30.9 Å². The van der Waals surface area contributed by atoms with Gasteiger partial charge in [-0.1, -0.05) is 17.3 Å². The van der Waals surface area contributed by atoms with Crippen molar-refractivity contribution in [1.82, 2.24) is 20.8 Å². The SMILES string of the molecule is Cl.O=C(NCC1COCCN1)c1ccc(-c2noc(C(F)(F)F)n2)cc1. The maximum Gasteiger partial charge on any atom is 0.471 e. The summed E-state index contributed by atoms with van der Waals surface area (Å²) in [5.74, 6) is -1.89. The van der Waals surface area contributed by atoms with Crippen LogP contribution in [-0.2, 0) is 10.9 Å². The molecule has 2 N–H and O–H groups in total. The van der Waals surface area contributed by atoms with Crippen molar-refractivity contribution < 1.29 is 27.2 Å². The minimum Gasteiger partial charge on any atom is -0.378 e. The van der Waals surface area contributed by atoms with Crippen LogP contribution in [-0.4, -0.2) is 48.4 Å². The van der Waals surface area contributed by atoms with Gasteiger partial charge in [-0.05, 0) is 12.1 Å². The molecule has 142 valence electrons. The van der Waals surface area contributed by atoms with Gasteiger partial charge >= 0.3 is 12.1 Å². The van der Waals surface area contributed by atoms with Gasteiger partial charge in [-0.15, -0.1) is 12.4 Å². The van der Waals surface area contributed by atoms with Crippen LogP contribution in [0.15, 0.2) is 28.8 Å². The van der Waals surface area contributed by atoms with E-state index in [0.717, 1.165) is 6.54 Å². The number of rotatable bonds is 4. The number of hydrogen-bond acceptors (Lipinski definition) is 6. The van der Waals surface area contributed by atoms with Crippen molar-refractivity contribution in [2.75, 3.05) is 26.3 Å². The summed E-state index contributed by atoms with van der Waals surface area (Å²) in [6.45, 7) is 2.33. The monoisotopic (exact) mass is 392 g/mol. The van der Waals surface area contributed by atoms with Crippen molar-refractivity contribution in [3.63, 3.8) is 0 Å². The standard InChI is InChI=1S/C15H15F3N4O3.ClH/c16-15(17,18)14-21-12(22-25-14)9-1-3-10(4-2-9)13(23)20-7-11-8-24-6-5-19-11;/h1-4,11,19H,5-8H2,(H,20,23);1H. The van der Waals surface area contributed by atoms with Crippen molar-refractivity contribution in [2.45, 2.75) is 12.2 Å². The molecule has 1 aliphatic rings. The number of nitrogens with zero attached hydrogens (tertiary/aromatic N) is 2. The summed E-state index contributed by atoms with van der Waals surface area (Å²) < 4.78 is 46.9. The van der Waals surface area contributed by atoms with E-state index >= 15 is 0 Å². The Labute approximate surface area is 152 Å². The van der Waals surface area contributed by atoms with Gasteiger partial charge in [0.1, 0.15) is 0 Å². The molecule has 1 saturated heterocycles. The average molecular weight is 393 g/mol. The molecule has 3 rings (SSSR count). The molecule has 0 radical (unpaired) electrons. The van der Waals surface area contributed by atoms with Crippen molar-refractivity contribution in [3.05, 3.63) is 35.7 Å². The van der Waals surface area contributed by atoms with Gasteiger partial charge in [0.25, 0.3) is 5.91 Å². The Kier molecular flexibility index (Phi) is 6.57. The maximum absolute atomic E-state index is 12.5. The first-order valence-electron chi connectivity index (χ1n) is 7.54. The van der Waals surface area contributed by atoms with Crippen molar-refractivity contribution >= 4 is 18.3 Å². The molecule has 11 heteroatoms. The van der Waals surface area contributed by atoms with Gasteiger partial charge < -0.3 is 19.9 Å². The molecule has 1 fully saturated rings. The molecule has 1 aromatic heterocycles. The van der Waals surface area contributed by atoms with Crippen LogP contribution < -0.4 is 10.6 Å². The topological polar surface area (TPSA) is 89.3 Å². The molecule has 7 nitrogen and oxygen atoms in total. The highest BCUT2D eigenvalue weighted by atomic mass is 35.5. The lowest BCUT2D eigenvalue weighted by Gasteiger charge is -2.23. The number of carbonyl (C=O) groups is 1. The molecule has 0 aliphatic carbocycles. The van der Waals surface area contributed by atoms with Crippen LogP contribution in [0.25, 0.3) is 11.4 Å². The number of halogens is 4. The number of alkyl halides is 3. The molecule has 0 bridgehead atoms. The smallest absolute Gasteiger partial charge is 0.378 e. The van der Waals surface area contributed by atoms with Crippen LogP contribution in [0.1, 0.15) is 16.2 Å². The second-order valence-corrected chi connectivity index (χ2v) is 5.43. The maximum atomic E-state index is 12.5. The molecule has 2 heterocycles. The summed E-state index contributed by atoms with van der Waals surface area (Å²) in [7, 11) is 0. The molecule has 1 atom stereocenters. The van der Waals surface area contributed by atoms with Crippen LogP contribution in [0.3, 0.4) is 0 Å². The Balaban J connectivity index is 0.00000243. The second kappa shape index (κ2) is 8.47. The Morgan fingerprint density at radius 3 is 2.62 bits per heavy atom. The molecule has 2 aromatic rings. The second-order valence-electron chi connectivity index (χ2n) is 5.43. The lowest BCUT2D eigenvalue weighted by Crippen LogP contribution is -2.48. The van der Waals surface area contributed by atoms with Crippen LogP contribution >= 0.6 is 12.4 Å². The number of morpholine rings is 1. The Morgan fingerprint density at radius 1 is 1.31 bits per heavy atom. The molecule has 26 heavy (non-hydrogen) atoms. The number of aromatic nitrogens is 2. The fraction of sp³-hybridized carbons (Fsp3) is 0.400. The normalized spacial score (nSPS) is 17.4. The average Bonchev–Trinajstić information content (AvgIpc) is 3.11. The molecule has 1 aliphatic heterocycles. The van der Waals surface area contributed by atoms with Gasteiger partial charge in [-0.2, -0.15) is 18.2 Å². The minimum atomic E-state index is -4.69. The fourth-order valence-electron chi connectivity index (χ4n) is 2.30. The molecule has 0 saturated carbocycles. The van der Waals surface area contributed by atoms with E-state index in [-0.39, 0.29) is 30.2 Å². The van der Waals surface area contributed by atoms with Crippen molar-refractivity contribution in [3.8, 4) is 11.4 Å². The van der Waals surface area contributed by atoms with E-state index in [2.05, 4.69) is 25.3 Å². The Morgan fingerprint density at radius 2 is 2.04 bits per heavy atom. The minimum absolute atomic E-state index is 0. The third-order valence-corrected chi connectivity index (χ3v) is 3.58. The lowest BCUT2D eigenvalue weighted by atomic mass is 10.1. The first-order valence-corrected chi connectivity index (χ1v) is 7.54. The number of ether oxygens (including phenoxy) is 1. The van der Waals surface area contributed by atoms with Gasteiger partial charge in [0, 0.05) is 30.3 Å². The van der Waals surface area contributed by atoms with Gasteiger partial charge in [0.2, 0.25) is 5.82 Å². The molecule has 1 amide bonds. The highest BCUT2D eigenvalue weighted by Crippen LogP contribution is 2.29. The summed E-state index contributed by atoms with van der Waals surface area (Å²) in [6.07, 6.45) is -4.69. The fourth-order valence-corrected chi connectivity index (χ4v) is 2.30.